The lowest BCUT2D eigenvalue weighted by Crippen LogP contribution is -2.28. The van der Waals surface area contributed by atoms with E-state index in [-0.39, 0.29) is 11.3 Å². The highest BCUT2D eigenvalue weighted by Crippen LogP contribution is 2.29. The Morgan fingerprint density at radius 3 is 2.57 bits per heavy atom. The van der Waals surface area contributed by atoms with E-state index >= 15 is 0 Å². The summed E-state index contributed by atoms with van der Waals surface area (Å²) in [6.07, 6.45) is 2.01. The van der Waals surface area contributed by atoms with Gasteiger partial charge in [-0.3, -0.25) is 9.36 Å². The van der Waals surface area contributed by atoms with E-state index in [0.717, 1.165) is 21.4 Å². The summed E-state index contributed by atoms with van der Waals surface area (Å²) in [5.74, 6) is -1.47. The van der Waals surface area contributed by atoms with Crippen molar-refractivity contribution in [3.05, 3.63) is 58.4 Å². The molecule has 4 rings (SSSR count). The van der Waals surface area contributed by atoms with Crippen LogP contribution in [0.1, 0.15) is 25.6 Å². The van der Waals surface area contributed by atoms with Crippen molar-refractivity contribution in [2.45, 2.75) is 26.3 Å². The molecule has 9 heteroatoms. The number of carboxylic acid groups (broad SMARTS) is 1. The van der Waals surface area contributed by atoms with Crippen molar-refractivity contribution in [1.29, 1.82) is 0 Å². The topological polar surface area (TPSA) is 102 Å². The predicted octanol–water partition coefficient (Wildman–Crippen LogP) is 2.45. The molecule has 1 aromatic carbocycles. The van der Waals surface area contributed by atoms with Crippen LogP contribution in [0.3, 0.4) is 0 Å². The van der Waals surface area contributed by atoms with Gasteiger partial charge in [0.05, 0.1) is 11.3 Å². The van der Waals surface area contributed by atoms with Gasteiger partial charge in [0.1, 0.15) is 17.4 Å². The first-order chi connectivity index (χ1) is 13.4. The molecule has 0 unspecified atom stereocenters. The number of aliphatic carboxylic acids is 1. The number of hydrogen-bond donors (Lipinski definition) is 1. The van der Waals surface area contributed by atoms with Crippen molar-refractivity contribution in [1.82, 2.24) is 24.4 Å². The fraction of sp³-hybridized carbons (Fsp3) is 0.211. The van der Waals surface area contributed by atoms with Crippen LogP contribution >= 0.6 is 0 Å². The number of benzene rings is 1. The van der Waals surface area contributed by atoms with Crippen molar-refractivity contribution >= 4 is 22.6 Å². The summed E-state index contributed by atoms with van der Waals surface area (Å²) in [4.78, 5) is 23.9. The summed E-state index contributed by atoms with van der Waals surface area (Å²) in [5, 5.41) is 22.0. The van der Waals surface area contributed by atoms with Gasteiger partial charge in [0.15, 0.2) is 11.2 Å². The number of aromatic nitrogens is 5. The van der Waals surface area contributed by atoms with Gasteiger partial charge < -0.3 is 5.11 Å². The summed E-state index contributed by atoms with van der Waals surface area (Å²) >= 11 is 0. The van der Waals surface area contributed by atoms with Crippen molar-refractivity contribution < 1.29 is 14.3 Å². The molecule has 28 heavy (non-hydrogen) atoms. The van der Waals surface area contributed by atoms with E-state index in [4.69, 9.17) is 0 Å². The van der Waals surface area contributed by atoms with E-state index in [1.54, 1.807) is 18.2 Å². The normalized spacial score (nSPS) is 12.5. The van der Waals surface area contributed by atoms with Gasteiger partial charge >= 0.3 is 5.97 Å². The minimum atomic E-state index is -1.12. The van der Waals surface area contributed by atoms with Gasteiger partial charge in [0, 0.05) is 6.20 Å². The molecule has 0 aliphatic rings. The highest BCUT2D eigenvalue weighted by atomic mass is 19.1. The average Bonchev–Trinajstić information content (AvgIpc) is 3.07. The molecule has 0 spiro atoms. The van der Waals surface area contributed by atoms with E-state index in [1.165, 1.54) is 29.8 Å². The second-order valence-corrected chi connectivity index (χ2v) is 6.39. The summed E-state index contributed by atoms with van der Waals surface area (Å²) in [5.41, 5.74) is 2.54. The zero-order valence-corrected chi connectivity index (χ0v) is 15.1. The number of fused-ring (bicyclic) bond motifs is 3. The third-order valence-corrected chi connectivity index (χ3v) is 4.72. The van der Waals surface area contributed by atoms with Crippen LogP contribution in [0, 0.1) is 5.82 Å². The number of carboxylic acids is 1. The quantitative estimate of drug-likeness (QED) is 0.583. The van der Waals surface area contributed by atoms with Crippen molar-refractivity contribution in [3.8, 4) is 11.1 Å². The maximum absolute atomic E-state index is 13.3. The Bertz CT molecular complexity index is 1280. The first-order valence-electron chi connectivity index (χ1n) is 8.70. The third kappa shape index (κ3) is 2.63. The molecule has 3 aromatic heterocycles. The number of aryl methyl sites for hydroxylation is 1. The summed E-state index contributed by atoms with van der Waals surface area (Å²) in [6, 6.07) is 6.57. The van der Waals surface area contributed by atoms with Gasteiger partial charge in [-0.2, -0.15) is 5.10 Å². The fourth-order valence-electron chi connectivity index (χ4n) is 3.19. The fourth-order valence-corrected chi connectivity index (χ4v) is 3.19. The lowest BCUT2D eigenvalue weighted by molar-refractivity contribution is -0.140. The maximum Gasteiger partial charge on any atom is 0.326 e. The molecule has 0 aliphatic carbocycles. The van der Waals surface area contributed by atoms with Crippen LogP contribution in [0.15, 0.2) is 41.3 Å². The Morgan fingerprint density at radius 1 is 1.21 bits per heavy atom. The minimum absolute atomic E-state index is 0.0268. The Hall–Kier alpha value is -3.62. The molecule has 8 nitrogen and oxygen atoms in total. The van der Waals surface area contributed by atoms with Gasteiger partial charge in [-0.25, -0.2) is 13.7 Å². The third-order valence-electron chi connectivity index (χ3n) is 4.72. The lowest BCUT2D eigenvalue weighted by atomic mass is 10.0. The SMILES string of the molecule is CCc1nn2c(nnc3c(=O)n([C@@H](C)C(=O)O)ccc32)c1-c1ccc(F)cc1. The Kier molecular flexibility index (Phi) is 4.14. The molecule has 0 bridgehead atoms. The average molecular weight is 381 g/mol. The largest absolute Gasteiger partial charge is 0.480 e. The van der Waals surface area contributed by atoms with Crippen LogP contribution in [0.2, 0.25) is 0 Å². The zero-order chi connectivity index (χ0) is 20.0. The molecule has 0 radical (unpaired) electrons. The first kappa shape index (κ1) is 17.8. The summed E-state index contributed by atoms with van der Waals surface area (Å²) < 4.78 is 15.9. The number of hydrogen-bond acceptors (Lipinski definition) is 5. The number of nitrogens with zero attached hydrogens (tertiary/aromatic N) is 5. The maximum atomic E-state index is 13.3. The monoisotopic (exact) mass is 381 g/mol. The molecule has 4 aromatic rings. The molecule has 3 heterocycles. The second kappa shape index (κ2) is 6.52. The summed E-state index contributed by atoms with van der Waals surface area (Å²) in [6.45, 7) is 3.35. The van der Waals surface area contributed by atoms with Crippen molar-refractivity contribution in [2.75, 3.05) is 0 Å². The number of carbonyl (C=O) groups is 1. The lowest BCUT2D eigenvalue weighted by Gasteiger charge is -2.11. The van der Waals surface area contributed by atoms with E-state index in [2.05, 4.69) is 15.3 Å². The Morgan fingerprint density at radius 2 is 1.93 bits per heavy atom. The highest BCUT2D eigenvalue weighted by molar-refractivity contribution is 5.84. The van der Waals surface area contributed by atoms with Crippen LogP contribution < -0.4 is 5.56 Å². The molecule has 0 aliphatic heterocycles. The molecular formula is C19H16FN5O3. The van der Waals surface area contributed by atoms with Gasteiger partial charge in [-0.15, -0.1) is 10.2 Å². The number of rotatable bonds is 4. The number of pyridine rings is 1. The van der Waals surface area contributed by atoms with Gasteiger partial charge in [-0.05, 0) is 37.1 Å². The molecule has 1 atom stereocenters. The predicted molar refractivity (Wildman–Crippen MR) is 99.7 cm³/mol. The van der Waals surface area contributed by atoms with Crippen LogP contribution in [-0.2, 0) is 11.2 Å². The molecule has 0 saturated carbocycles. The van der Waals surface area contributed by atoms with E-state index in [1.807, 2.05) is 6.92 Å². The van der Waals surface area contributed by atoms with Crippen LogP contribution in [0.25, 0.3) is 27.8 Å². The Labute approximate surface area is 157 Å². The zero-order valence-electron chi connectivity index (χ0n) is 15.1. The van der Waals surface area contributed by atoms with Crippen LogP contribution in [0.5, 0.6) is 0 Å². The Balaban J connectivity index is 2.01. The highest BCUT2D eigenvalue weighted by Gasteiger charge is 2.21. The van der Waals surface area contributed by atoms with E-state index in [0.29, 0.717) is 17.6 Å². The van der Waals surface area contributed by atoms with Gasteiger partial charge in [0.2, 0.25) is 0 Å². The molecule has 142 valence electrons. The van der Waals surface area contributed by atoms with Crippen LogP contribution in [-0.4, -0.2) is 35.5 Å². The van der Waals surface area contributed by atoms with Crippen molar-refractivity contribution in [3.63, 3.8) is 0 Å². The second-order valence-electron chi connectivity index (χ2n) is 6.39. The smallest absolute Gasteiger partial charge is 0.326 e. The first-order valence-corrected chi connectivity index (χ1v) is 8.70. The van der Waals surface area contributed by atoms with E-state index < -0.39 is 17.6 Å². The van der Waals surface area contributed by atoms with Gasteiger partial charge in [-0.1, -0.05) is 19.1 Å². The van der Waals surface area contributed by atoms with E-state index in [9.17, 15) is 19.1 Å². The molecular weight excluding hydrogens is 365 g/mol. The standard InChI is InChI=1S/C19H16FN5O3/c1-3-13-15(11-4-6-12(20)7-5-11)17-22-21-16-14(25(17)23-13)8-9-24(18(16)26)10(2)19(27)28/h4-10H,3H2,1-2H3,(H,27,28)/t10-/m0/s1. The van der Waals surface area contributed by atoms with Crippen LogP contribution in [0.4, 0.5) is 4.39 Å². The van der Waals surface area contributed by atoms with Crippen molar-refractivity contribution in [2.24, 2.45) is 0 Å². The minimum Gasteiger partial charge on any atom is -0.480 e. The van der Waals surface area contributed by atoms with Gasteiger partial charge in [0.25, 0.3) is 5.56 Å². The molecule has 0 fully saturated rings. The molecule has 1 N–H and O–H groups in total. The molecule has 0 saturated heterocycles. The number of halogens is 1. The molecule has 0 amide bonds. The summed E-state index contributed by atoms with van der Waals surface area (Å²) in [7, 11) is 0.